The molecule has 0 N–H and O–H groups in total. The van der Waals surface area contributed by atoms with Crippen molar-refractivity contribution in [3.8, 4) is 5.75 Å². The minimum Gasteiger partial charge on any atom is -0.497 e. The number of carbonyl (C=O) groups excluding carboxylic acids is 2. The van der Waals surface area contributed by atoms with E-state index in [1.165, 1.54) is 11.3 Å². The van der Waals surface area contributed by atoms with Crippen LogP contribution in [0.15, 0.2) is 41.4 Å². The molecule has 3 rings (SSSR count). The van der Waals surface area contributed by atoms with E-state index in [4.69, 9.17) is 32.7 Å². The van der Waals surface area contributed by atoms with Crippen LogP contribution >= 0.6 is 34.5 Å². The zero-order valence-corrected chi connectivity index (χ0v) is 17.4. The lowest BCUT2D eigenvalue weighted by atomic mass is 10.2. The number of esters is 1. The van der Waals surface area contributed by atoms with Crippen molar-refractivity contribution in [3.63, 3.8) is 0 Å². The van der Waals surface area contributed by atoms with Gasteiger partial charge < -0.3 is 14.0 Å². The summed E-state index contributed by atoms with van der Waals surface area (Å²) in [6.45, 7) is 1.83. The van der Waals surface area contributed by atoms with Gasteiger partial charge in [0.25, 0.3) is 5.91 Å². The van der Waals surface area contributed by atoms with E-state index < -0.39 is 11.9 Å². The number of amides is 1. The molecule has 146 valence electrons. The number of nitrogens with zero attached hydrogens (tertiary/aromatic N) is 2. The van der Waals surface area contributed by atoms with Crippen LogP contribution in [0.3, 0.4) is 0 Å². The van der Waals surface area contributed by atoms with Gasteiger partial charge >= 0.3 is 5.97 Å². The van der Waals surface area contributed by atoms with Gasteiger partial charge in [-0.15, -0.1) is 0 Å². The molecule has 28 heavy (non-hydrogen) atoms. The van der Waals surface area contributed by atoms with Gasteiger partial charge in [-0.2, -0.15) is 4.99 Å². The molecule has 0 spiro atoms. The van der Waals surface area contributed by atoms with Gasteiger partial charge in [0.15, 0.2) is 4.80 Å². The van der Waals surface area contributed by atoms with Crippen molar-refractivity contribution in [2.75, 3.05) is 13.7 Å². The largest absolute Gasteiger partial charge is 0.497 e. The molecule has 2 aromatic carbocycles. The normalized spacial score (nSPS) is 11.6. The number of methoxy groups -OCH3 is 1. The molecular weight excluding hydrogens is 423 g/mol. The number of rotatable bonds is 5. The van der Waals surface area contributed by atoms with Crippen molar-refractivity contribution in [1.82, 2.24) is 4.57 Å². The van der Waals surface area contributed by atoms with E-state index in [0.29, 0.717) is 26.7 Å². The van der Waals surface area contributed by atoms with Crippen molar-refractivity contribution in [1.29, 1.82) is 0 Å². The Kier molecular flexibility index (Phi) is 6.39. The zero-order chi connectivity index (χ0) is 20.3. The van der Waals surface area contributed by atoms with Gasteiger partial charge in [0.05, 0.1) is 34.0 Å². The Balaban J connectivity index is 2.12. The van der Waals surface area contributed by atoms with E-state index in [1.54, 1.807) is 55.0 Å². The Morgan fingerprint density at radius 1 is 1.14 bits per heavy atom. The van der Waals surface area contributed by atoms with Gasteiger partial charge in [0.1, 0.15) is 12.3 Å². The number of hydrogen-bond acceptors (Lipinski definition) is 5. The molecule has 0 unspecified atom stereocenters. The third kappa shape index (κ3) is 4.22. The molecule has 0 aliphatic rings. The van der Waals surface area contributed by atoms with Crippen LogP contribution in [0.4, 0.5) is 0 Å². The minimum atomic E-state index is -0.461. The van der Waals surface area contributed by atoms with Gasteiger partial charge in [-0.05, 0) is 43.3 Å². The summed E-state index contributed by atoms with van der Waals surface area (Å²) >= 11 is 13.7. The molecule has 0 radical (unpaired) electrons. The van der Waals surface area contributed by atoms with Crippen LogP contribution in [-0.4, -0.2) is 30.2 Å². The molecule has 1 aromatic heterocycles. The van der Waals surface area contributed by atoms with Crippen LogP contribution in [0.5, 0.6) is 5.75 Å². The average molecular weight is 439 g/mol. The van der Waals surface area contributed by atoms with E-state index in [1.807, 2.05) is 0 Å². The number of thiazole rings is 1. The summed E-state index contributed by atoms with van der Waals surface area (Å²) in [5, 5.41) is 0.635. The third-order valence-electron chi connectivity index (χ3n) is 3.86. The van der Waals surface area contributed by atoms with Crippen molar-refractivity contribution in [2.24, 2.45) is 4.99 Å². The highest BCUT2D eigenvalue weighted by Crippen LogP contribution is 2.32. The maximum absolute atomic E-state index is 12.6. The van der Waals surface area contributed by atoms with Gasteiger partial charge in [0, 0.05) is 5.56 Å². The Hall–Kier alpha value is -2.35. The number of aromatic nitrogens is 1. The SMILES string of the molecule is CCOC(=O)Cn1c(=NC(=O)c2ccc(OC)cc2)sc2ccc(Cl)c(Cl)c21. The van der Waals surface area contributed by atoms with Gasteiger partial charge in [0.2, 0.25) is 0 Å². The van der Waals surface area contributed by atoms with Crippen molar-refractivity contribution >= 4 is 56.6 Å². The van der Waals surface area contributed by atoms with Crippen LogP contribution in [-0.2, 0) is 16.1 Å². The van der Waals surface area contributed by atoms with E-state index in [-0.39, 0.29) is 18.2 Å². The third-order valence-corrected chi connectivity index (χ3v) is 5.70. The summed E-state index contributed by atoms with van der Waals surface area (Å²) in [5.41, 5.74) is 0.929. The fourth-order valence-corrected chi connectivity index (χ4v) is 4.07. The molecule has 0 fully saturated rings. The lowest BCUT2D eigenvalue weighted by molar-refractivity contribution is -0.143. The van der Waals surface area contributed by atoms with Gasteiger partial charge in [-0.25, -0.2) is 0 Å². The Morgan fingerprint density at radius 3 is 2.50 bits per heavy atom. The Labute approximate surface area is 174 Å². The molecule has 3 aromatic rings. The first-order chi connectivity index (χ1) is 13.4. The van der Waals surface area contributed by atoms with Crippen molar-refractivity contribution in [2.45, 2.75) is 13.5 Å². The standard InChI is InChI=1S/C19H16Cl2N2O4S/c1-3-27-15(24)10-23-17-14(9-8-13(20)16(17)21)28-19(23)22-18(25)11-4-6-12(26-2)7-5-11/h4-9H,3,10H2,1-2H3. The molecule has 9 heteroatoms. The number of halogens is 2. The van der Waals surface area contributed by atoms with Crippen LogP contribution in [0.1, 0.15) is 17.3 Å². The Morgan fingerprint density at radius 2 is 1.86 bits per heavy atom. The summed E-state index contributed by atoms with van der Waals surface area (Å²) in [5.74, 6) is -0.275. The topological polar surface area (TPSA) is 69.9 Å². The highest BCUT2D eigenvalue weighted by Gasteiger charge is 2.16. The van der Waals surface area contributed by atoms with Crippen molar-refractivity contribution in [3.05, 3.63) is 56.8 Å². The molecule has 0 atom stereocenters. The fraction of sp³-hybridized carbons (Fsp3) is 0.211. The highest BCUT2D eigenvalue weighted by molar-refractivity contribution is 7.16. The van der Waals surface area contributed by atoms with E-state index in [9.17, 15) is 9.59 Å². The molecule has 6 nitrogen and oxygen atoms in total. The predicted octanol–water partition coefficient (Wildman–Crippen LogP) is 4.32. The minimum absolute atomic E-state index is 0.136. The number of hydrogen-bond donors (Lipinski definition) is 0. The molecule has 0 aliphatic heterocycles. The molecule has 0 saturated carbocycles. The maximum atomic E-state index is 12.6. The predicted molar refractivity (Wildman–Crippen MR) is 109 cm³/mol. The van der Waals surface area contributed by atoms with Crippen LogP contribution in [0.2, 0.25) is 10.0 Å². The summed E-state index contributed by atoms with van der Waals surface area (Å²) in [6, 6.07) is 10.0. The number of ether oxygens (including phenoxy) is 2. The lowest BCUT2D eigenvalue weighted by Gasteiger charge is -2.07. The van der Waals surface area contributed by atoms with Crippen LogP contribution in [0, 0.1) is 0 Å². The second-order valence-electron chi connectivity index (χ2n) is 5.63. The number of benzene rings is 2. The van der Waals surface area contributed by atoms with Gasteiger partial charge in [-0.3, -0.25) is 9.59 Å². The molecule has 0 saturated heterocycles. The van der Waals surface area contributed by atoms with Crippen molar-refractivity contribution < 1.29 is 19.1 Å². The maximum Gasteiger partial charge on any atom is 0.326 e. The highest BCUT2D eigenvalue weighted by atomic mass is 35.5. The molecule has 1 heterocycles. The lowest BCUT2D eigenvalue weighted by Crippen LogP contribution is -2.23. The molecule has 0 bridgehead atoms. The monoisotopic (exact) mass is 438 g/mol. The Bertz CT molecular complexity index is 1100. The van der Waals surface area contributed by atoms with E-state index >= 15 is 0 Å². The first-order valence-corrected chi connectivity index (χ1v) is 9.88. The smallest absolute Gasteiger partial charge is 0.326 e. The number of carbonyl (C=O) groups is 2. The second kappa shape index (κ2) is 8.77. The average Bonchev–Trinajstić information content (AvgIpc) is 3.02. The van der Waals surface area contributed by atoms with E-state index in [2.05, 4.69) is 4.99 Å². The quantitative estimate of drug-likeness (QED) is 0.556. The molecule has 0 aliphatic carbocycles. The molecule has 1 amide bonds. The summed E-state index contributed by atoms with van der Waals surface area (Å²) in [4.78, 5) is 29.2. The molecular formula is C19H16Cl2N2O4S. The van der Waals surface area contributed by atoms with E-state index in [0.717, 1.165) is 4.70 Å². The van der Waals surface area contributed by atoms with Gasteiger partial charge in [-0.1, -0.05) is 34.5 Å². The first kappa shape index (κ1) is 20.4. The first-order valence-electron chi connectivity index (χ1n) is 8.30. The van der Waals surface area contributed by atoms with Crippen LogP contribution in [0.25, 0.3) is 10.2 Å². The number of fused-ring (bicyclic) bond motifs is 1. The zero-order valence-electron chi connectivity index (χ0n) is 15.1. The second-order valence-corrected chi connectivity index (χ2v) is 7.42. The summed E-state index contributed by atoms with van der Waals surface area (Å²) in [6.07, 6.45) is 0. The summed E-state index contributed by atoms with van der Waals surface area (Å²) < 4.78 is 12.4. The van der Waals surface area contributed by atoms with Crippen LogP contribution < -0.4 is 9.54 Å². The fourth-order valence-electron chi connectivity index (χ4n) is 2.56. The summed E-state index contributed by atoms with van der Waals surface area (Å²) in [7, 11) is 1.55.